The Morgan fingerprint density at radius 2 is 1.55 bits per heavy atom. The van der Waals surface area contributed by atoms with Gasteiger partial charge in [-0.05, 0) is 47.7 Å². The molecule has 0 bridgehead atoms. The molecule has 2 aromatic rings. The van der Waals surface area contributed by atoms with Crippen LogP contribution in [0.4, 0.5) is 16.2 Å². The van der Waals surface area contributed by atoms with Crippen LogP contribution in [0.15, 0.2) is 70.7 Å². The molecular formula is C28H26N4O11S. The van der Waals surface area contributed by atoms with E-state index in [9.17, 15) is 39.4 Å². The van der Waals surface area contributed by atoms with Crippen molar-refractivity contribution in [3.8, 4) is 0 Å². The Morgan fingerprint density at radius 1 is 1.00 bits per heavy atom. The third-order valence-electron chi connectivity index (χ3n) is 6.74. The third kappa shape index (κ3) is 7.38. The van der Waals surface area contributed by atoms with Crippen molar-refractivity contribution >= 4 is 47.1 Å². The van der Waals surface area contributed by atoms with E-state index in [4.69, 9.17) is 14.2 Å². The van der Waals surface area contributed by atoms with E-state index < -0.39 is 45.9 Å². The molecule has 0 spiro atoms. The number of carbonyl (C=O) groups is 4. The molecule has 2 heterocycles. The number of nitro benzene ring substituents is 2. The lowest BCUT2D eigenvalue weighted by Crippen LogP contribution is -2.62. The summed E-state index contributed by atoms with van der Waals surface area (Å²) in [6.45, 7) is 2.46. The molecule has 44 heavy (non-hydrogen) atoms. The van der Waals surface area contributed by atoms with E-state index in [0.29, 0.717) is 16.0 Å². The summed E-state index contributed by atoms with van der Waals surface area (Å²) in [5.41, 5.74) is 0.789. The van der Waals surface area contributed by atoms with Gasteiger partial charge in [0.15, 0.2) is 0 Å². The molecule has 230 valence electrons. The minimum absolute atomic E-state index is 0.0172. The van der Waals surface area contributed by atoms with Gasteiger partial charge in [0.1, 0.15) is 25.0 Å². The summed E-state index contributed by atoms with van der Waals surface area (Å²) < 4.78 is 15.9. The smallest absolute Gasteiger partial charge is 0.456 e. The van der Waals surface area contributed by atoms with E-state index in [2.05, 4.69) is 5.32 Å². The standard InChI is InChI=1S/C28H26N4O11S/c1-16(43-28(36)42-15-19-5-9-21(10-6-19)32(39)40)24-22-13-23(44-12-11-29-17(2)33)25(30(22)26(24)34)27(35)41-14-18-3-7-20(8-4-18)31(37)38/h3-12,16,22,24H,13-15H2,1-2H3,(H,29,33)/b12-11+. The molecule has 4 rings (SSSR count). The molecule has 2 aliphatic heterocycles. The molecule has 1 N–H and O–H groups in total. The summed E-state index contributed by atoms with van der Waals surface area (Å²) in [5.74, 6) is -2.33. The number of nitrogens with one attached hydrogen (secondary N) is 1. The zero-order chi connectivity index (χ0) is 32.0. The number of rotatable bonds is 12. The van der Waals surface area contributed by atoms with Crippen LogP contribution in [0.1, 0.15) is 31.4 Å². The number of non-ortho nitro benzene ring substituents is 2. The highest BCUT2D eigenvalue weighted by atomic mass is 32.2. The molecule has 0 radical (unpaired) electrons. The van der Waals surface area contributed by atoms with Gasteiger partial charge in [0.05, 0.1) is 21.8 Å². The Labute approximate surface area is 254 Å². The summed E-state index contributed by atoms with van der Waals surface area (Å²) in [6.07, 6.45) is -0.311. The van der Waals surface area contributed by atoms with Crippen molar-refractivity contribution in [2.24, 2.45) is 5.92 Å². The Balaban J connectivity index is 1.39. The van der Waals surface area contributed by atoms with Crippen LogP contribution in [0.2, 0.25) is 0 Å². The quantitative estimate of drug-likeness (QED) is 0.154. The van der Waals surface area contributed by atoms with Crippen LogP contribution in [0.25, 0.3) is 0 Å². The maximum absolute atomic E-state index is 13.2. The predicted octanol–water partition coefficient (Wildman–Crippen LogP) is 4.07. The van der Waals surface area contributed by atoms with Gasteiger partial charge in [-0.15, -0.1) is 0 Å². The number of fused-ring (bicyclic) bond motifs is 1. The molecule has 1 fully saturated rings. The van der Waals surface area contributed by atoms with Gasteiger partial charge in [0, 0.05) is 48.7 Å². The number of esters is 1. The van der Waals surface area contributed by atoms with Gasteiger partial charge >= 0.3 is 12.1 Å². The molecule has 2 aromatic carbocycles. The molecule has 3 unspecified atom stereocenters. The highest BCUT2D eigenvalue weighted by molar-refractivity contribution is 8.05. The van der Waals surface area contributed by atoms with Crippen LogP contribution >= 0.6 is 11.8 Å². The lowest BCUT2D eigenvalue weighted by molar-refractivity contribution is -0.385. The Bertz CT molecular complexity index is 1540. The molecule has 3 atom stereocenters. The first-order chi connectivity index (χ1) is 21.0. The van der Waals surface area contributed by atoms with Crippen molar-refractivity contribution < 1.29 is 43.2 Å². The van der Waals surface area contributed by atoms with Gasteiger partial charge in [-0.2, -0.15) is 0 Å². The minimum Gasteiger partial charge on any atom is -0.456 e. The van der Waals surface area contributed by atoms with Crippen LogP contribution in [0.3, 0.4) is 0 Å². The van der Waals surface area contributed by atoms with E-state index in [1.807, 2.05) is 0 Å². The van der Waals surface area contributed by atoms with E-state index in [1.54, 1.807) is 5.41 Å². The normalized spacial score (nSPS) is 17.9. The molecule has 16 heteroatoms. The minimum atomic E-state index is -1.04. The number of hydrogen-bond acceptors (Lipinski definition) is 12. The number of carbonyl (C=O) groups excluding carboxylic acids is 4. The van der Waals surface area contributed by atoms with Gasteiger partial charge in [-0.3, -0.25) is 29.8 Å². The van der Waals surface area contributed by atoms with E-state index in [0.717, 1.165) is 11.8 Å². The first-order valence-electron chi connectivity index (χ1n) is 13.1. The molecule has 15 nitrogen and oxygen atoms in total. The van der Waals surface area contributed by atoms with Crippen molar-refractivity contribution in [3.05, 3.63) is 102 Å². The van der Waals surface area contributed by atoms with Crippen molar-refractivity contribution in [3.63, 3.8) is 0 Å². The summed E-state index contributed by atoms with van der Waals surface area (Å²) in [6, 6.07) is 10.4. The van der Waals surface area contributed by atoms with E-state index >= 15 is 0 Å². The lowest BCUT2D eigenvalue weighted by Gasteiger charge is -2.45. The zero-order valence-corrected chi connectivity index (χ0v) is 24.2. The molecule has 0 saturated carbocycles. The maximum atomic E-state index is 13.2. The molecular weight excluding hydrogens is 600 g/mol. The molecule has 0 aliphatic carbocycles. The average Bonchev–Trinajstić information content (AvgIpc) is 3.31. The second-order valence-corrected chi connectivity index (χ2v) is 10.7. The van der Waals surface area contributed by atoms with Gasteiger partial charge in [0.25, 0.3) is 11.4 Å². The zero-order valence-electron chi connectivity index (χ0n) is 23.4. The van der Waals surface area contributed by atoms with Crippen molar-refractivity contribution in [1.82, 2.24) is 10.2 Å². The number of nitro groups is 2. The molecule has 0 aromatic heterocycles. The molecule has 1 saturated heterocycles. The first-order valence-corrected chi connectivity index (χ1v) is 14.0. The van der Waals surface area contributed by atoms with Gasteiger partial charge < -0.3 is 24.4 Å². The van der Waals surface area contributed by atoms with Crippen LogP contribution in [0.5, 0.6) is 0 Å². The number of ether oxygens (including phenoxy) is 3. The number of β-lactam (4-membered cyclic amide) rings is 1. The molecule has 2 amide bonds. The van der Waals surface area contributed by atoms with Crippen LogP contribution in [-0.2, 0) is 41.8 Å². The second-order valence-electron chi connectivity index (χ2n) is 9.68. The largest absolute Gasteiger partial charge is 0.508 e. The van der Waals surface area contributed by atoms with E-state index in [-0.39, 0.29) is 42.6 Å². The summed E-state index contributed by atoms with van der Waals surface area (Å²) in [5, 5.41) is 25.7. The van der Waals surface area contributed by atoms with Gasteiger partial charge in [0.2, 0.25) is 11.8 Å². The maximum Gasteiger partial charge on any atom is 0.508 e. The number of benzene rings is 2. The van der Waals surface area contributed by atoms with Crippen LogP contribution in [-0.4, -0.2) is 50.8 Å². The topological polar surface area (TPSA) is 198 Å². The lowest BCUT2D eigenvalue weighted by atomic mass is 9.83. The third-order valence-corrected chi connectivity index (χ3v) is 7.65. The highest BCUT2D eigenvalue weighted by Crippen LogP contribution is 2.48. The highest BCUT2D eigenvalue weighted by Gasteiger charge is 2.58. The number of thioether (sulfide) groups is 1. The second kappa shape index (κ2) is 13.8. The fourth-order valence-electron chi connectivity index (χ4n) is 4.63. The van der Waals surface area contributed by atoms with Crippen LogP contribution in [0, 0.1) is 26.1 Å². The Morgan fingerprint density at radius 3 is 2.07 bits per heavy atom. The number of hydrogen-bond donors (Lipinski definition) is 1. The van der Waals surface area contributed by atoms with Crippen molar-refractivity contribution in [2.75, 3.05) is 0 Å². The van der Waals surface area contributed by atoms with Gasteiger partial charge in [-0.25, -0.2) is 9.59 Å². The average molecular weight is 627 g/mol. The first kappa shape index (κ1) is 31.7. The van der Waals surface area contributed by atoms with Crippen LogP contribution < -0.4 is 5.32 Å². The number of amides is 2. The van der Waals surface area contributed by atoms with Crippen molar-refractivity contribution in [2.45, 2.75) is 45.6 Å². The fourth-order valence-corrected chi connectivity index (χ4v) is 5.49. The molecule has 2 aliphatic rings. The van der Waals surface area contributed by atoms with E-state index in [1.165, 1.54) is 73.5 Å². The fraction of sp³-hybridized carbons (Fsp3) is 0.286. The summed E-state index contributed by atoms with van der Waals surface area (Å²) >= 11 is 1.12. The predicted molar refractivity (Wildman–Crippen MR) is 153 cm³/mol. The van der Waals surface area contributed by atoms with Gasteiger partial charge in [-0.1, -0.05) is 11.8 Å². The SMILES string of the molecule is CC(=O)N/C=C/SC1=C(C(=O)OCc2ccc([N+](=O)[O-])cc2)N2C(=O)C(C(C)OC(=O)OCc3ccc([N+](=O)[O-])cc3)C2C1. The summed E-state index contributed by atoms with van der Waals surface area (Å²) in [7, 11) is 0. The summed E-state index contributed by atoms with van der Waals surface area (Å²) in [4.78, 5) is 72.3. The van der Waals surface area contributed by atoms with Crippen molar-refractivity contribution in [1.29, 1.82) is 0 Å². The monoisotopic (exact) mass is 626 g/mol. The Hall–Kier alpha value is -5.25. The Kier molecular flexibility index (Phi) is 9.95. The number of nitrogens with zero attached hydrogens (tertiary/aromatic N) is 3.